The van der Waals surface area contributed by atoms with Gasteiger partial charge in [0.15, 0.2) is 11.8 Å². The van der Waals surface area contributed by atoms with Gasteiger partial charge in [-0.15, -0.1) is 10.2 Å². The molecule has 1 atom stereocenters. The monoisotopic (exact) mass is 415 g/mol. The van der Waals surface area contributed by atoms with Crippen molar-refractivity contribution in [3.63, 3.8) is 0 Å². The first-order valence-corrected chi connectivity index (χ1v) is 10.4. The molecular formula is C21H33N7O2. The highest BCUT2D eigenvalue weighted by Gasteiger charge is 2.17. The van der Waals surface area contributed by atoms with E-state index in [9.17, 15) is 0 Å². The molecule has 1 fully saturated rings. The van der Waals surface area contributed by atoms with Gasteiger partial charge in [0.05, 0.1) is 33.4 Å². The molecule has 9 heteroatoms. The van der Waals surface area contributed by atoms with Crippen molar-refractivity contribution in [2.75, 3.05) is 40.0 Å². The minimum absolute atomic E-state index is 0.388. The van der Waals surface area contributed by atoms with Crippen LogP contribution in [0, 0.1) is 6.92 Å². The fourth-order valence-electron chi connectivity index (χ4n) is 3.24. The number of methoxy groups -OCH3 is 1. The third-order valence-corrected chi connectivity index (χ3v) is 5.41. The molecule has 2 heterocycles. The summed E-state index contributed by atoms with van der Waals surface area (Å²) in [4.78, 5) is 7.21. The van der Waals surface area contributed by atoms with Crippen LogP contribution >= 0.6 is 0 Å². The van der Waals surface area contributed by atoms with Gasteiger partial charge in [0.25, 0.3) is 0 Å². The minimum atomic E-state index is 0.388. The molecule has 164 valence electrons. The van der Waals surface area contributed by atoms with Gasteiger partial charge >= 0.3 is 0 Å². The SMILES string of the molecule is COc1ccc(CN=C(NCc2nnc(C)n2C)NCC(C)N2CCOCC2)cc1. The van der Waals surface area contributed by atoms with Crippen molar-refractivity contribution in [1.29, 1.82) is 0 Å². The van der Waals surface area contributed by atoms with Crippen LogP contribution in [0.4, 0.5) is 0 Å². The summed E-state index contributed by atoms with van der Waals surface area (Å²) in [6.07, 6.45) is 0. The van der Waals surface area contributed by atoms with Gasteiger partial charge in [0.2, 0.25) is 0 Å². The van der Waals surface area contributed by atoms with E-state index in [1.165, 1.54) is 0 Å². The van der Waals surface area contributed by atoms with Gasteiger partial charge in [-0.1, -0.05) is 12.1 Å². The Bertz CT molecular complexity index is 813. The normalized spacial score (nSPS) is 16.3. The molecule has 0 spiro atoms. The Morgan fingerprint density at radius 2 is 1.93 bits per heavy atom. The van der Waals surface area contributed by atoms with E-state index in [-0.39, 0.29) is 0 Å². The van der Waals surface area contributed by atoms with Gasteiger partial charge in [-0.2, -0.15) is 0 Å². The molecule has 1 saturated heterocycles. The Morgan fingerprint density at radius 1 is 1.20 bits per heavy atom. The van der Waals surface area contributed by atoms with Crippen LogP contribution in [0.1, 0.15) is 24.1 Å². The van der Waals surface area contributed by atoms with Crippen LogP contribution in [0.5, 0.6) is 5.75 Å². The summed E-state index contributed by atoms with van der Waals surface area (Å²) in [6, 6.07) is 8.35. The predicted molar refractivity (Wildman–Crippen MR) is 117 cm³/mol. The van der Waals surface area contributed by atoms with Gasteiger partial charge in [-0.25, -0.2) is 4.99 Å². The van der Waals surface area contributed by atoms with Gasteiger partial charge in [-0.3, -0.25) is 4.90 Å². The number of nitrogens with one attached hydrogen (secondary N) is 2. The Morgan fingerprint density at radius 3 is 2.57 bits per heavy atom. The lowest BCUT2D eigenvalue weighted by Gasteiger charge is -2.32. The molecule has 30 heavy (non-hydrogen) atoms. The van der Waals surface area contributed by atoms with E-state index in [0.717, 1.165) is 61.8 Å². The summed E-state index contributed by atoms with van der Waals surface area (Å²) in [6.45, 7) is 9.62. The molecular weight excluding hydrogens is 382 g/mol. The Kier molecular flexibility index (Phi) is 8.04. The minimum Gasteiger partial charge on any atom is -0.497 e. The van der Waals surface area contributed by atoms with Crippen LogP contribution in [0.25, 0.3) is 0 Å². The molecule has 1 aliphatic rings. The van der Waals surface area contributed by atoms with Crippen molar-refractivity contribution in [2.24, 2.45) is 12.0 Å². The van der Waals surface area contributed by atoms with E-state index in [1.807, 2.05) is 42.8 Å². The van der Waals surface area contributed by atoms with Crippen LogP contribution < -0.4 is 15.4 Å². The molecule has 9 nitrogen and oxygen atoms in total. The number of benzene rings is 1. The first-order valence-electron chi connectivity index (χ1n) is 10.4. The molecule has 0 aliphatic carbocycles. The first kappa shape index (κ1) is 22.0. The molecule has 1 unspecified atom stereocenters. The standard InChI is InChI=1S/C21H33N7O2/c1-16(28-9-11-30-12-10-28)13-22-21(24-15-20-26-25-17(2)27(20)3)23-14-18-5-7-19(29-4)8-6-18/h5-8,16H,9-15H2,1-4H3,(H2,22,23,24). The Labute approximate surface area is 178 Å². The first-order chi connectivity index (χ1) is 14.6. The van der Waals surface area contributed by atoms with E-state index in [4.69, 9.17) is 14.5 Å². The van der Waals surface area contributed by atoms with Gasteiger partial charge in [0, 0.05) is 32.7 Å². The third kappa shape index (κ3) is 6.17. The molecule has 1 aromatic heterocycles. The van der Waals surface area contributed by atoms with E-state index in [2.05, 4.69) is 32.7 Å². The second-order valence-electron chi connectivity index (χ2n) is 7.47. The second kappa shape index (κ2) is 10.9. The highest BCUT2D eigenvalue weighted by molar-refractivity contribution is 5.79. The van der Waals surface area contributed by atoms with E-state index >= 15 is 0 Å². The maximum Gasteiger partial charge on any atom is 0.192 e. The zero-order valence-corrected chi connectivity index (χ0v) is 18.4. The zero-order chi connectivity index (χ0) is 21.3. The van der Waals surface area contributed by atoms with Gasteiger partial charge in [0.1, 0.15) is 11.6 Å². The summed E-state index contributed by atoms with van der Waals surface area (Å²) in [7, 11) is 3.64. The Hall–Kier alpha value is -2.65. The maximum absolute atomic E-state index is 5.46. The maximum atomic E-state index is 5.46. The molecule has 0 amide bonds. The van der Waals surface area contributed by atoms with E-state index < -0.39 is 0 Å². The lowest BCUT2D eigenvalue weighted by atomic mass is 10.2. The van der Waals surface area contributed by atoms with E-state index in [1.54, 1.807) is 7.11 Å². The summed E-state index contributed by atoms with van der Waals surface area (Å²) in [5.41, 5.74) is 1.12. The number of aromatic nitrogens is 3. The van der Waals surface area contributed by atoms with Crippen molar-refractivity contribution in [2.45, 2.75) is 33.0 Å². The molecule has 2 N–H and O–H groups in total. The highest BCUT2D eigenvalue weighted by Crippen LogP contribution is 2.12. The number of ether oxygens (including phenoxy) is 2. The molecule has 3 rings (SSSR count). The van der Waals surface area contributed by atoms with Crippen molar-refractivity contribution in [3.8, 4) is 5.75 Å². The summed E-state index contributed by atoms with van der Waals surface area (Å²) < 4.78 is 12.7. The van der Waals surface area contributed by atoms with Crippen molar-refractivity contribution in [3.05, 3.63) is 41.5 Å². The lowest BCUT2D eigenvalue weighted by molar-refractivity contribution is 0.0211. The number of nitrogens with zero attached hydrogens (tertiary/aromatic N) is 5. The topological polar surface area (TPSA) is 88.8 Å². The van der Waals surface area contributed by atoms with Crippen LogP contribution in [0.2, 0.25) is 0 Å². The van der Waals surface area contributed by atoms with Crippen molar-refractivity contribution >= 4 is 5.96 Å². The molecule has 2 aromatic rings. The van der Waals surface area contributed by atoms with Crippen LogP contribution in [-0.4, -0.2) is 71.6 Å². The average Bonchev–Trinajstić information content (AvgIpc) is 3.11. The average molecular weight is 416 g/mol. The van der Waals surface area contributed by atoms with Crippen LogP contribution in [0.3, 0.4) is 0 Å². The van der Waals surface area contributed by atoms with Crippen LogP contribution in [0.15, 0.2) is 29.3 Å². The number of aliphatic imine (C=N–C) groups is 1. The third-order valence-electron chi connectivity index (χ3n) is 5.41. The number of hydrogen-bond donors (Lipinski definition) is 2. The predicted octanol–water partition coefficient (Wildman–Crippen LogP) is 1.09. The lowest BCUT2D eigenvalue weighted by Crippen LogP contribution is -2.49. The molecule has 1 aliphatic heterocycles. The van der Waals surface area contributed by atoms with Crippen molar-refractivity contribution < 1.29 is 9.47 Å². The van der Waals surface area contributed by atoms with E-state index in [0.29, 0.717) is 19.1 Å². The zero-order valence-electron chi connectivity index (χ0n) is 18.4. The fraction of sp³-hybridized carbons (Fsp3) is 0.571. The van der Waals surface area contributed by atoms with Crippen LogP contribution in [-0.2, 0) is 24.9 Å². The molecule has 1 aromatic carbocycles. The summed E-state index contributed by atoms with van der Waals surface area (Å²) in [5.74, 6) is 3.35. The number of hydrogen-bond acceptors (Lipinski definition) is 6. The second-order valence-corrected chi connectivity index (χ2v) is 7.47. The quantitative estimate of drug-likeness (QED) is 0.493. The van der Waals surface area contributed by atoms with Gasteiger partial charge < -0.3 is 24.7 Å². The van der Waals surface area contributed by atoms with Crippen molar-refractivity contribution in [1.82, 2.24) is 30.3 Å². The molecule has 0 saturated carbocycles. The summed E-state index contributed by atoms with van der Waals surface area (Å²) >= 11 is 0. The summed E-state index contributed by atoms with van der Waals surface area (Å²) in [5, 5.41) is 15.2. The highest BCUT2D eigenvalue weighted by atomic mass is 16.5. The molecule has 0 bridgehead atoms. The number of rotatable bonds is 8. The smallest absolute Gasteiger partial charge is 0.192 e. The number of guanidine groups is 1. The van der Waals surface area contributed by atoms with Gasteiger partial charge in [-0.05, 0) is 31.5 Å². The Balaban J connectivity index is 1.62. The number of aryl methyl sites for hydroxylation is 1. The molecule has 0 radical (unpaired) electrons. The number of morpholine rings is 1. The largest absolute Gasteiger partial charge is 0.497 e. The fourth-order valence-corrected chi connectivity index (χ4v) is 3.24.